The molecule has 1 N–H and O–H groups in total. The number of anilines is 3. The Balaban J connectivity index is 2.02. The lowest BCUT2D eigenvalue weighted by molar-refractivity contribution is 0.420. The van der Waals surface area contributed by atoms with Crippen molar-refractivity contribution in [2.75, 3.05) is 30.9 Å². The molecule has 1 heterocycles. The molecular weight excluding hydrogens is 348 g/mol. The highest BCUT2D eigenvalue weighted by Crippen LogP contribution is 2.35. The average molecular weight is 371 g/mol. The van der Waals surface area contributed by atoms with Gasteiger partial charge in [-0.15, -0.1) is 0 Å². The quantitative estimate of drug-likeness (QED) is 0.647. The standard InChI is InChI=1S/C20H23ClN4O/c1-5-11-22-19-18(21)20(24-13(2)23-19)25(3)15-9-10-16-14(12-15)7-6-8-17(16)26-4/h6-10,12H,5,11H2,1-4H3,(H,22,23,24). The van der Waals surface area contributed by atoms with Gasteiger partial charge in [0.1, 0.15) is 16.6 Å². The van der Waals surface area contributed by atoms with Gasteiger partial charge in [-0.05, 0) is 43.0 Å². The molecule has 0 aliphatic rings. The van der Waals surface area contributed by atoms with Crippen molar-refractivity contribution in [1.82, 2.24) is 9.97 Å². The summed E-state index contributed by atoms with van der Waals surface area (Å²) in [5, 5.41) is 5.96. The molecule has 3 rings (SSSR count). The minimum atomic E-state index is 0.525. The summed E-state index contributed by atoms with van der Waals surface area (Å²) in [6, 6.07) is 12.2. The number of aromatic nitrogens is 2. The highest BCUT2D eigenvalue weighted by molar-refractivity contribution is 6.35. The zero-order valence-corrected chi connectivity index (χ0v) is 16.3. The van der Waals surface area contributed by atoms with Crippen molar-refractivity contribution in [3.05, 3.63) is 47.2 Å². The van der Waals surface area contributed by atoms with Crippen LogP contribution in [0.2, 0.25) is 5.02 Å². The number of nitrogens with one attached hydrogen (secondary N) is 1. The molecule has 0 amide bonds. The third-order valence-electron chi connectivity index (χ3n) is 4.24. The van der Waals surface area contributed by atoms with Crippen LogP contribution in [0.1, 0.15) is 19.2 Å². The lowest BCUT2D eigenvalue weighted by Crippen LogP contribution is -2.15. The van der Waals surface area contributed by atoms with E-state index in [4.69, 9.17) is 16.3 Å². The molecule has 136 valence electrons. The summed E-state index contributed by atoms with van der Waals surface area (Å²) >= 11 is 6.58. The fourth-order valence-corrected chi connectivity index (χ4v) is 3.16. The molecule has 0 unspecified atom stereocenters. The van der Waals surface area contributed by atoms with Crippen molar-refractivity contribution >= 4 is 39.7 Å². The molecule has 0 atom stereocenters. The fraction of sp³-hybridized carbons (Fsp3) is 0.300. The SMILES string of the molecule is CCCNc1nc(C)nc(N(C)c2ccc3c(OC)cccc3c2)c1Cl. The van der Waals surface area contributed by atoms with E-state index < -0.39 is 0 Å². The summed E-state index contributed by atoms with van der Waals surface area (Å²) in [4.78, 5) is 11.0. The molecule has 0 aliphatic heterocycles. The third-order valence-corrected chi connectivity index (χ3v) is 4.58. The predicted octanol–water partition coefficient (Wildman–Crippen LogP) is 5.19. The van der Waals surface area contributed by atoms with E-state index in [2.05, 4.69) is 40.4 Å². The van der Waals surface area contributed by atoms with Crippen LogP contribution in [0.25, 0.3) is 10.8 Å². The van der Waals surface area contributed by atoms with Crippen LogP contribution in [-0.4, -0.2) is 30.7 Å². The number of hydrogen-bond acceptors (Lipinski definition) is 5. The normalized spacial score (nSPS) is 10.8. The monoisotopic (exact) mass is 370 g/mol. The second-order valence-electron chi connectivity index (χ2n) is 6.11. The summed E-state index contributed by atoms with van der Waals surface area (Å²) < 4.78 is 5.44. The Morgan fingerprint density at radius 2 is 2.00 bits per heavy atom. The topological polar surface area (TPSA) is 50.3 Å². The van der Waals surface area contributed by atoms with E-state index in [9.17, 15) is 0 Å². The average Bonchev–Trinajstić information content (AvgIpc) is 2.66. The summed E-state index contributed by atoms with van der Waals surface area (Å²) in [5.74, 6) is 2.89. The number of ether oxygens (including phenoxy) is 1. The van der Waals surface area contributed by atoms with Crippen LogP contribution in [0.4, 0.5) is 17.3 Å². The summed E-state index contributed by atoms with van der Waals surface area (Å²) in [6.45, 7) is 4.79. The maximum absolute atomic E-state index is 6.58. The minimum absolute atomic E-state index is 0.525. The van der Waals surface area contributed by atoms with Gasteiger partial charge in [-0.2, -0.15) is 0 Å². The molecular formula is C20H23ClN4O. The van der Waals surface area contributed by atoms with Gasteiger partial charge in [0.25, 0.3) is 0 Å². The minimum Gasteiger partial charge on any atom is -0.496 e. The van der Waals surface area contributed by atoms with Crippen molar-refractivity contribution in [2.45, 2.75) is 20.3 Å². The number of rotatable bonds is 6. The zero-order valence-electron chi connectivity index (χ0n) is 15.5. The molecule has 26 heavy (non-hydrogen) atoms. The summed E-state index contributed by atoms with van der Waals surface area (Å²) in [6.07, 6.45) is 0.997. The first-order valence-corrected chi connectivity index (χ1v) is 9.01. The Morgan fingerprint density at radius 1 is 1.19 bits per heavy atom. The molecule has 5 nitrogen and oxygen atoms in total. The lowest BCUT2D eigenvalue weighted by atomic mass is 10.1. The molecule has 0 aliphatic carbocycles. The van der Waals surface area contributed by atoms with Crippen LogP contribution in [0.15, 0.2) is 36.4 Å². The van der Waals surface area contributed by atoms with Gasteiger partial charge < -0.3 is 15.0 Å². The molecule has 0 spiro atoms. The first-order valence-electron chi connectivity index (χ1n) is 8.63. The number of fused-ring (bicyclic) bond motifs is 1. The predicted molar refractivity (Wildman–Crippen MR) is 109 cm³/mol. The molecule has 0 saturated carbocycles. The Kier molecular flexibility index (Phi) is 5.47. The van der Waals surface area contributed by atoms with Crippen molar-refractivity contribution in [3.63, 3.8) is 0 Å². The smallest absolute Gasteiger partial charge is 0.157 e. The Labute approximate surface area is 159 Å². The van der Waals surface area contributed by atoms with Crippen LogP contribution in [0.5, 0.6) is 5.75 Å². The highest BCUT2D eigenvalue weighted by Gasteiger charge is 2.16. The summed E-state index contributed by atoms with van der Waals surface area (Å²) in [5.41, 5.74) is 0.993. The Morgan fingerprint density at radius 3 is 2.73 bits per heavy atom. The zero-order chi connectivity index (χ0) is 18.7. The molecule has 6 heteroatoms. The van der Waals surface area contributed by atoms with E-state index in [-0.39, 0.29) is 0 Å². The molecule has 2 aromatic carbocycles. The van der Waals surface area contributed by atoms with E-state index in [0.29, 0.717) is 22.5 Å². The number of benzene rings is 2. The van der Waals surface area contributed by atoms with E-state index in [0.717, 1.165) is 35.2 Å². The largest absolute Gasteiger partial charge is 0.496 e. The molecule has 0 fully saturated rings. The van der Waals surface area contributed by atoms with Gasteiger partial charge in [-0.3, -0.25) is 0 Å². The third kappa shape index (κ3) is 3.53. The van der Waals surface area contributed by atoms with Crippen molar-refractivity contribution in [3.8, 4) is 5.75 Å². The van der Waals surface area contributed by atoms with Gasteiger partial charge in [0.05, 0.1) is 7.11 Å². The van der Waals surface area contributed by atoms with Gasteiger partial charge >= 0.3 is 0 Å². The highest BCUT2D eigenvalue weighted by atomic mass is 35.5. The molecule has 0 bridgehead atoms. The van der Waals surface area contributed by atoms with Gasteiger partial charge in [-0.25, -0.2) is 9.97 Å². The van der Waals surface area contributed by atoms with E-state index in [1.54, 1.807) is 7.11 Å². The van der Waals surface area contributed by atoms with Gasteiger partial charge in [0, 0.05) is 24.7 Å². The van der Waals surface area contributed by atoms with Crippen LogP contribution >= 0.6 is 11.6 Å². The molecule has 3 aromatic rings. The molecule has 1 aromatic heterocycles. The van der Waals surface area contributed by atoms with Crippen LogP contribution in [0, 0.1) is 6.92 Å². The molecule has 0 radical (unpaired) electrons. The first-order chi connectivity index (χ1) is 12.5. The van der Waals surface area contributed by atoms with Crippen LogP contribution in [-0.2, 0) is 0 Å². The van der Waals surface area contributed by atoms with Crippen molar-refractivity contribution in [2.24, 2.45) is 0 Å². The Hall–Kier alpha value is -2.53. The van der Waals surface area contributed by atoms with Crippen molar-refractivity contribution < 1.29 is 4.74 Å². The second kappa shape index (κ2) is 7.79. The second-order valence-corrected chi connectivity index (χ2v) is 6.49. The first kappa shape index (κ1) is 18.3. The Bertz CT molecular complexity index is 929. The van der Waals surface area contributed by atoms with Gasteiger partial charge in [0.2, 0.25) is 0 Å². The van der Waals surface area contributed by atoms with E-state index in [1.807, 2.05) is 37.1 Å². The maximum Gasteiger partial charge on any atom is 0.157 e. The summed E-state index contributed by atoms with van der Waals surface area (Å²) in [7, 11) is 3.64. The maximum atomic E-state index is 6.58. The van der Waals surface area contributed by atoms with E-state index in [1.165, 1.54) is 0 Å². The van der Waals surface area contributed by atoms with Gasteiger partial charge in [-0.1, -0.05) is 30.7 Å². The number of aryl methyl sites for hydroxylation is 1. The van der Waals surface area contributed by atoms with Crippen molar-refractivity contribution in [1.29, 1.82) is 0 Å². The van der Waals surface area contributed by atoms with E-state index >= 15 is 0 Å². The van der Waals surface area contributed by atoms with Gasteiger partial charge in [0.15, 0.2) is 11.6 Å². The number of methoxy groups -OCH3 is 1. The van der Waals surface area contributed by atoms with Crippen LogP contribution < -0.4 is 15.0 Å². The number of hydrogen-bond donors (Lipinski definition) is 1. The molecule has 0 saturated heterocycles. The number of nitrogens with zero attached hydrogens (tertiary/aromatic N) is 3. The fourth-order valence-electron chi connectivity index (χ4n) is 2.88. The van der Waals surface area contributed by atoms with Crippen LogP contribution in [0.3, 0.4) is 0 Å². The lowest BCUT2D eigenvalue weighted by Gasteiger charge is -2.22. The number of halogens is 1.